The Bertz CT molecular complexity index is 763. The second-order valence-electron chi connectivity index (χ2n) is 10.0. The van der Waals surface area contributed by atoms with Crippen molar-refractivity contribution >= 4 is 34.9 Å². The van der Waals surface area contributed by atoms with E-state index in [9.17, 15) is 14.0 Å². The molecule has 1 aliphatic heterocycles. The Labute approximate surface area is 195 Å². The topological polar surface area (TPSA) is 46.2 Å². The lowest BCUT2D eigenvalue weighted by molar-refractivity contribution is -0.122. The van der Waals surface area contributed by atoms with Crippen molar-refractivity contribution in [2.75, 3.05) is 0 Å². The van der Waals surface area contributed by atoms with Crippen molar-refractivity contribution in [3.05, 3.63) is 22.8 Å². The molecule has 0 spiro atoms. The first-order chi connectivity index (χ1) is 14.9. The summed E-state index contributed by atoms with van der Waals surface area (Å²) < 4.78 is 14.6. The number of carbonyl (C=O) groups excluding carboxylic acids is 2. The van der Waals surface area contributed by atoms with Crippen LogP contribution in [0.15, 0.2) is 22.8 Å². The number of alkyl halides is 3. The molecule has 6 atom stereocenters. The Morgan fingerprint density at radius 2 is 1.77 bits per heavy atom. The second-order valence-corrected chi connectivity index (χ2v) is 11.2. The predicted octanol–water partition coefficient (Wildman–Crippen LogP) is 6.03. The molecular formula is C25H34Cl2FNO2. The van der Waals surface area contributed by atoms with Crippen LogP contribution < -0.4 is 5.32 Å². The van der Waals surface area contributed by atoms with Crippen LogP contribution in [0.3, 0.4) is 0 Å². The van der Waals surface area contributed by atoms with Crippen LogP contribution in [0.2, 0.25) is 0 Å². The van der Waals surface area contributed by atoms with Gasteiger partial charge in [0.05, 0.1) is 5.57 Å². The zero-order chi connectivity index (χ0) is 22.1. The van der Waals surface area contributed by atoms with Crippen LogP contribution in [0.5, 0.6) is 0 Å². The van der Waals surface area contributed by atoms with Crippen LogP contribution in [0.25, 0.3) is 0 Å². The Morgan fingerprint density at radius 3 is 2.48 bits per heavy atom. The van der Waals surface area contributed by atoms with Crippen molar-refractivity contribution in [2.24, 2.45) is 17.8 Å². The Balaban J connectivity index is 1.70. The normalized spacial score (nSPS) is 37.9. The number of halogens is 3. The van der Waals surface area contributed by atoms with Gasteiger partial charge in [0.1, 0.15) is 6.17 Å². The van der Waals surface area contributed by atoms with Crippen LogP contribution in [-0.4, -0.2) is 34.7 Å². The van der Waals surface area contributed by atoms with Crippen molar-refractivity contribution in [1.29, 1.82) is 0 Å². The van der Waals surface area contributed by atoms with Crippen LogP contribution in [-0.2, 0) is 9.59 Å². The minimum Gasteiger partial charge on any atom is -0.349 e. The summed E-state index contributed by atoms with van der Waals surface area (Å²) in [6.45, 7) is 1.79. The van der Waals surface area contributed by atoms with Crippen LogP contribution in [0, 0.1) is 17.8 Å². The van der Waals surface area contributed by atoms with E-state index in [0.717, 1.165) is 63.4 Å². The number of allylic oxidation sites excluding steroid dienone is 2. The van der Waals surface area contributed by atoms with E-state index in [-0.39, 0.29) is 40.3 Å². The molecule has 1 heterocycles. The molecule has 172 valence electrons. The molecule has 4 aliphatic rings. The standard InChI is InChI=1S/C25H34Cl2FNO2/c1-14(22-18(27)8-5-9-19(22)28)12-21(30)24-23(15-6-3-2-4-7-15)17-13-16(26)10-11-20(17)29-25(24)31/h12,15-20,22H,2-11,13H2,1H3,(H,29,31)/b14-12+. The van der Waals surface area contributed by atoms with E-state index in [0.29, 0.717) is 17.6 Å². The minimum atomic E-state index is -1.04. The lowest BCUT2D eigenvalue weighted by Gasteiger charge is -2.43. The third kappa shape index (κ3) is 4.90. The summed E-state index contributed by atoms with van der Waals surface area (Å²) >= 11 is 13.0. The van der Waals surface area contributed by atoms with E-state index in [1.165, 1.54) is 12.5 Å². The molecule has 1 N–H and O–H groups in total. The fourth-order valence-electron chi connectivity index (χ4n) is 6.41. The third-order valence-electron chi connectivity index (χ3n) is 7.93. The van der Waals surface area contributed by atoms with Gasteiger partial charge in [-0.05, 0) is 75.9 Å². The molecule has 6 unspecified atom stereocenters. The quantitative estimate of drug-likeness (QED) is 0.310. The Kier molecular flexibility index (Phi) is 7.48. The summed E-state index contributed by atoms with van der Waals surface area (Å²) in [4.78, 5) is 26.6. The first kappa shape index (κ1) is 23.3. The van der Waals surface area contributed by atoms with E-state index in [1.807, 2.05) is 0 Å². The fourth-order valence-corrected chi connectivity index (χ4v) is 7.24. The van der Waals surface area contributed by atoms with Crippen LogP contribution in [0.4, 0.5) is 4.39 Å². The number of hydrogen-bond donors (Lipinski definition) is 1. The van der Waals surface area contributed by atoms with Crippen LogP contribution >= 0.6 is 23.2 Å². The Hall–Kier alpha value is -0.870. The van der Waals surface area contributed by atoms with Gasteiger partial charge in [-0.25, -0.2) is 4.39 Å². The van der Waals surface area contributed by atoms with E-state index < -0.39 is 12.1 Å². The summed E-state index contributed by atoms with van der Waals surface area (Å²) in [5, 5.41) is 2.88. The number of amides is 1. The lowest BCUT2D eigenvalue weighted by Crippen LogP contribution is -2.51. The zero-order valence-electron chi connectivity index (χ0n) is 18.3. The first-order valence-electron chi connectivity index (χ1n) is 12.1. The van der Waals surface area contributed by atoms with Crippen molar-refractivity contribution in [1.82, 2.24) is 5.32 Å². The first-order valence-corrected chi connectivity index (χ1v) is 12.9. The smallest absolute Gasteiger partial charge is 0.255 e. The molecule has 3 saturated carbocycles. The number of rotatable bonds is 4. The van der Waals surface area contributed by atoms with Gasteiger partial charge in [0.25, 0.3) is 5.91 Å². The average molecular weight is 470 g/mol. The SMILES string of the molecule is C/C(=C\C(=O)C1=C(C2CCCCC2)C2CC(Cl)CCC2NC1=O)C1C(F)CCCC1Cl. The van der Waals surface area contributed by atoms with E-state index >= 15 is 0 Å². The summed E-state index contributed by atoms with van der Waals surface area (Å²) in [6.07, 6.45) is 10.5. The molecule has 6 heteroatoms. The molecule has 3 nitrogen and oxygen atoms in total. The fraction of sp³-hybridized carbons (Fsp3) is 0.760. The molecule has 0 aromatic heterocycles. The van der Waals surface area contributed by atoms with Gasteiger partial charge in [0.2, 0.25) is 0 Å². The van der Waals surface area contributed by atoms with Gasteiger partial charge < -0.3 is 5.32 Å². The van der Waals surface area contributed by atoms with Gasteiger partial charge >= 0.3 is 0 Å². The zero-order valence-corrected chi connectivity index (χ0v) is 19.9. The Morgan fingerprint density at radius 1 is 1.03 bits per heavy atom. The minimum absolute atomic E-state index is 0.0711. The van der Waals surface area contributed by atoms with Gasteiger partial charge in [-0.2, -0.15) is 0 Å². The highest BCUT2D eigenvalue weighted by atomic mass is 35.5. The van der Waals surface area contributed by atoms with Crippen molar-refractivity contribution in [3.63, 3.8) is 0 Å². The van der Waals surface area contributed by atoms with Gasteiger partial charge in [0, 0.05) is 28.6 Å². The van der Waals surface area contributed by atoms with Crippen molar-refractivity contribution < 1.29 is 14.0 Å². The second kappa shape index (κ2) is 9.95. The highest BCUT2D eigenvalue weighted by Crippen LogP contribution is 2.45. The molecule has 0 aromatic carbocycles. The molecule has 0 saturated heterocycles. The van der Waals surface area contributed by atoms with Crippen molar-refractivity contribution in [2.45, 2.75) is 101 Å². The maximum atomic E-state index is 14.6. The number of hydrogen-bond acceptors (Lipinski definition) is 2. The lowest BCUT2D eigenvalue weighted by atomic mass is 9.67. The van der Waals surface area contributed by atoms with Crippen LogP contribution in [0.1, 0.15) is 77.6 Å². The molecule has 0 radical (unpaired) electrons. The molecule has 4 rings (SSSR count). The molecule has 3 aliphatic carbocycles. The number of ketones is 1. The highest BCUT2D eigenvalue weighted by molar-refractivity contribution is 6.25. The maximum Gasteiger partial charge on any atom is 0.255 e. The molecule has 1 amide bonds. The third-order valence-corrected chi connectivity index (χ3v) is 8.82. The molecule has 31 heavy (non-hydrogen) atoms. The molecular weight excluding hydrogens is 436 g/mol. The van der Waals surface area contributed by atoms with E-state index in [2.05, 4.69) is 5.32 Å². The number of fused-ring (bicyclic) bond motifs is 1. The van der Waals surface area contributed by atoms with Gasteiger partial charge in [-0.15, -0.1) is 23.2 Å². The van der Waals surface area contributed by atoms with Gasteiger partial charge in [-0.1, -0.05) is 24.8 Å². The maximum absolute atomic E-state index is 14.6. The highest BCUT2D eigenvalue weighted by Gasteiger charge is 2.44. The van der Waals surface area contributed by atoms with Gasteiger partial charge in [-0.3, -0.25) is 9.59 Å². The monoisotopic (exact) mass is 469 g/mol. The average Bonchev–Trinajstić information content (AvgIpc) is 2.73. The van der Waals surface area contributed by atoms with E-state index in [1.54, 1.807) is 6.92 Å². The summed E-state index contributed by atoms with van der Waals surface area (Å²) in [5.74, 6) is -0.598. The largest absolute Gasteiger partial charge is 0.349 e. The summed E-state index contributed by atoms with van der Waals surface area (Å²) in [6, 6.07) is 0.0711. The number of carbonyl (C=O) groups is 2. The predicted molar refractivity (Wildman–Crippen MR) is 123 cm³/mol. The number of nitrogens with one attached hydrogen (secondary N) is 1. The van der Waals surface area contributed by atoms with Crippen molar-refractivity contribution in [3.8, 4) is 0 Å². The molecule has 0 bridgehead atoms. The molecule has 3 fully saturated rings. The summed E-state index contributed by atoms with van der Waals surface area (Å²) in [7, 11) is 0. The van der Waals surface area contributed by atoms with E-state index in [4.69, 9.17) is 23.2 Å². The summed E-state index contributed by atoms with van der Waals surface area (Å²) in [5.41, 5.74) is 1.99. The molecule has 0 aromatic rings. The van der Waals surface area contributed by atoms with Gasteiger partial charge in [0.15, 0.2) is 5.78 Å².